The fourth-order valence-corrected chi connectivity index (χ4v) is 1.44. The number of thiazole rings is 1. The van der Waals surface area contributed by atoms with E-state index in [9.17, 15) is 4.79 Å². The second-order valence-electron chi connectivity index (χ2n) is 2.16. The Labute approximate surface area is 69.5 Å². The van der Waals surface area contributed by atoms with E-state index in [4.69, 9.17) is 0 Å². The van der Waals surface area contributed by atoms with Crippen molar-refractivity contribution in [3.05, 3.63) is 16.6 Å². The average Bonchev–Trinajstić information content (AvgIpc) is 2.52. The number of carbonyl (C=O) groups excluding carboxylic acids is 1. The molecule has 0 aromatic carbocycles. The van der Waals surface area contributed by atoms with Gasteiger partial charge in [-0.2, -0.15) is 0 Å². The number of nitrogens with zero attached hydrogens (tertiary/aromatic N) is 1. The van der Waals surface area contributed by atoms with E-state index in [0.29, 0.717) is 6.42 Å². The normalized spacial score (nSPS) is 12.8. The van der Waals surface area contributed by atoms with Gasteiger partial charge in [-0.15, -0.1) is 11.3 Å². The van der Waals surface area contributed by atoms with E-state index in [1.165, 1.54) is 0 Å². The minimum absolute atomic E-state index is 0.0962. The van der Waals surface area contributed by atoms with Gasteiger partial charge < -0.3 is 10.1 Å². The average molecular weight is 170 g/mol. The topological polar surface area (TPSA) is 42.0 Å². The van der Waals surface area contributed by atoms with E-state index in [2.05, 4.69) is 10.3 Å². The largest absolute Gasteiger partial charge is 0.310 e. The maximum Gasteiger partial charge on any atom is 0.137 e. The zero-order valence-electron chi connectivity index (χ0n) is 6.28. The van der Waals surface area contributed by atoms with Crippen LogP contribution >= 0.6 is 11.3 Å². The molecule has 0 aliphatic heterocycles. The molecule has 4 heteroatoms. The maximum absolute atomic E-state index is 10.4. The third-order valence-electron chi connectivity index (χ3n) is 1.41. The molecule has 1 N–H and O–H groups in total. The Morgan fingerprint density at radius 1 is 1.91 bits per heavy atom. The van der Waals surface area contributed by atoms with Crippen molar-refractivity contribution in [2.45, 2.75) is 12.5 Å². The van der Waals surface area contributed by atoms with Crippen molar-refractivity contribution in [1.29, 1.82) is 0 Å². The highest BCUT2D eigenvalue weighted by atomic mass is 32.1. The molecule has 1 aromatic heterocycles. The van der Waals surface area contributed by atoms with E-state index in [1.54, 1.807) is 24.6 Å². The molecular formula is C7H10N2OS. The van der Waals surface area contributed by atoms with E-state index in [-0.39, 0.29) is 6.04 Å². The van der Waals surface area contributed by atoms with Gasteiger partial charge in [0.05, 0.1) is 11.0 Å². The number of rotatable bonds is 4. The van der Waals surface area contributed by atoms with Crippen molar-refractivity contribution < 1.29 is 4.79 Å². The van der Waals surface area contributed by atoms with Gasteiger partial charge in [-0.25, -0.2) is 4.98 Å². The van der Waals surface area contributed by atoms with Crippen molar-refractivity contribution in [2.24, 2.45) is 0 Å². The summed E-state index contributed by atoms with van der Waals surface area (Å²) >= 11 is 1.57. The molecule has 0 bridgehead atoms. The Morgan fingerprint density at radius 3 is 3.18 bits per heavy atom. The lowest BCUT2D eigenvalue weighted by Crippen LogP contribution is -2.28. The molecule has 1 aromatic rings. The monoisotopic (exact) mass is 170 g/mol. The van der Waals surface area contributed by atoms with Gasteiger partial charge in [0.1, 0.15) is 6.29 Å². The molecular weight excluding hydrogens is 160 g/mol. The Morgan fingerprint density at radius 2 is 2.73 bits per heavy atom. The van der Waals surface area contributed by atoms with Crippen LogP contribution in [0.25, 0.3) is 0 Å². The summed E-state index contributed by atoms with van der Waals surface area (Å²) in [7, 11) is 1.77. The highest BCUT2D eigenvalue weighted by molar-refractivity contribution is 7.09. The summed E-state index contributed by atoms with van der Waals surface area (Å²) < 4.78 is 0. The van der Waals surface area contributed by atoms with Gasteiger partial charge in [-0.05, 0) is 7.05 Å². The van der Waals surface area contributed by atoms with Gasteiger partial charge in [-0.1, -0.05) is 0 Å². The summed E-state index contributed by atoms with van der Waals surface area (Å²) in [6, 6.07) is -0.0962. The number of hydrogen-bond donors (Lipinski definition) is 1. The van der Waals surface area contributed by atoms with Gasteiger partial charge >= 0.3 is 0 Å². The lowest BCUT2D eigenvalue weighted by atomic mass is 10.2. The molecule has 1 rings (SSSR count). The molecule has 60 valence electrons. The molecule has 0 spiro atoms. The number of aromatic nitrogens is 1. The smallest absolute Gasteiger partial charge is 0.137 e. The zero-order chi connectivity index (χ0) is 8.10. The lowest BCUT2D eigenvalue weighted by Gasteiger charge is -2.04. The van der Waals surface area contributed by atoms with E-state index >= 15 is 0 Å². The number of carbonyl (C=O) groups is 1. The third-order valence-corrected chi connectivity index (χ3v) is 2.22. The van der Waals surface area contributed by atoms with Crippen LogP contribution in [0.2, 0.25) is 0 Å². The number of likely N-dealkylation sites (N-methyl/N-ethyl adjacent to an activating group) is 1. The SMILES string of the molecule is CN[C@H](C=O)Cc1nccs1. The molecule has 3 nitrogen and oxygen atoms in total. The van der Waals surface area contributed by atoms with Crippen LogP contribution in [0.1, 0.15) is 5.01 Å². The van der Waals surface area contributed by atoms with E-state index in [0.717, 1.165) is 11.3 Å². The van der Waals surface area contributed by atoms with Gasteiger partial charge in [0, 0.05) is 18.0 Å². The molecule has 0 fully saturated rings. The summed E-state index contributed by atoms with van der Waals surface area (Å²) in [5.74, 6) is 0. The second-order valence-corrected chi connectivity index (χ2v) is 3.14. The molecule has 0 radical (unpaired) electrons. The fourth-order valence-electron chi connectivity index (χ4n) is 0.760. The number of nitrogens with one attached hydrogen (secondary N) is 1. The molecule has 0 saturated heterocycles. The Hall–Kier alpha value is -0.740. The van der Waals surface area contributed by atoms with Crippen LogP contribution in [0, 0.1) is 0 Å². The molecule has 0 aliphatic carbocycles. The molecule has 1 atom stereocenters. The number of aldehydes is 1. The van der Waals surface area contributed by atoms with Crippen LogP contribution in [0.5, 0.6) is 0 Å². The zero-order valence-corrected chi connectivity index (χ0v) is 7.10. The summed E-state index contributed by atoms with van der Waals surface area (Å²) in [5, 5.41) is 5.79. The predicted molar refractivity (Wildman–Crippen MR) is 44.7 cm³/mol. The van der Waals surface area contributed by atoms with Gasteiger partial charge in [-0.3, -0.25) is 0 Å². The van der Waals surface area contributed by atoms with Crippen LogP contribution in [0.15, 0.2) is 11.6 Å². The van der Waals surface area contributed by atoms with Crippen molar-refractivity contribution in [3.63, 3.8) is 0 Å². The first-order valence-corrected chi connectivity index (χ1v) is 4.25. The lowest BCUT2D eigenvalue weighted by molar-refractivity contribution is -0.109. The highest BCUT2D eigenvalue weighted by Crippen LogP contribution is 2.05. The van der Waals surface area contributed by atoms with Crippen LogP contribution in [0.3, 0.4) is 0 Å². The summed E-state index contributed by atoms with van der Waals surface area (Å²) in [4.78, 5) is 14.4. The molecule has 1 heterocycles. The molecule has 0 saturated carbocycles. The van der Waals surface area contributed by atoms with Crippen molar-refractivity contribution >= 4 is 17.6 Å². The fraction of sp³-hybridized carbons (Fsp3) is 0.429. The van der Waals surface area contributed by atoms with Crippen LogP contribution < -0.4 is 5.32 Å². The second kappa shape index (κ2) is 4.20. The molecule has 0 unspecified atom stereocenters. The first-order chi connectivity index (χ1) is 5.36. The van der Waals surface area contributed by atoms with E-state index in [1.807, 2.05) is 5.38 Å². The summed E-state index contributed by atoms with van der Waals surface area (Å²) in [6.07, 6.45) is 3.34. The van der Waals surface area contributed by atoms with Crippen molar-refractivity contribution in [3.8, 4) is 0 Å². The van der Waals surface area contributed by atoms with Crippen LogP contribution in [0.4, 0.5) is 0 Å². The summed E-state index contributed by atoms with van der Waals surface area (Å²) in [5.41, 5.74) is 0. The molecule has 0 aliphatic rings. The van der Waals surface area contributed by atoms with E-state index < -0.39 is 0 Å². The van der Waals surface area contributed by atoms with Crippen LogP contribution in [-0.4, -0.2) is 24.4 Å². The highest BCUT2D eigenvalue weighted by Gasteiger charge is 2.05. The Bertz CT molecular complexity index is 210. The molecule has 0 amide bonds. The molecule has 11 heavy (non-hydrogen) atoms. The minimum atomic E-state index is -0.0962. The standard InChI is InChI=1S/C7H10N2OS/c1-8-6(5-10)4-7-9-2-3-11-7/h2-3,5-6,8H,4H2,1H3/t6-/m0/s1. The minimum Gasteiger partial charge on any atom is -0.310 e. The van der Waals surface area contributed by atoms with Gasteiger partial charge in [0.2, 0.25) is 0 Å². The Balaban J connectivity index is 2.47. The van der Waals surface area contributed by atoms with Gasteiger partial charge in [0.25, 0.3) is 0 Å². The third kappa shape index (κ3) is 2.40. The first-order valence-electron chi connectivity index (χ1n) is 3.37. The van der Waals surface area contributed by atoms with Crippen molar-refractivity contribution in [1.82, 2.24) is 10.3 Å². The van der Waals surface area contributed by atoms with Gasteiger partial charge in [0.15, 0.2) is 0 Å². The number of hydrogen-bond acceptors (Lipinski definition) is 4. The van der Waals surface area contributed by atoms with Crippen LogP contribution in [-0.2, 0) is 11.2 Å². The summed E-state index contributed by atoms with van der Waals surface area (Å²) in [6.45, 7) is 0. The first kappa shape index (κ1) is 8.36. The predicted octanol–water partition coefficient (Wildman–Crippen LogP) is 0.472. The van der Waals surface area contributed by atoms with Crippen molar-refractivity contribution in [2.75, 3.05) is 7.05 Å². The Kier molecular flexibility index (Phi) is 3.19. The maximum atomic E-state index is 10.4. The quantitative estimate of drug-likeness (QED) is 0.668.